The maximum Gasteiger partial charge on any atom is 0.225 e. The molecule has 0 radical (unpaired) electrons. The minimum Gasteiger partial charge on any atom is -0.340 e. The van der Waals surface area contributed by atoms with Gasteiger partial charge in [-0.15, -0.1) is 0 Å². The molecule has 1 aromatic rings. The van der Waals surface area contributed by atoms with Crippen molar-refractivity contribution in [2.24, 2.45) is 0 Å². The number of aryl methyl sites for hydroxylation is 2. The highest BCUT2D eigenvalue weighted by atomic mass is 15.3. The first-order chi connectivity index (χ1) is 8.24. The maximum absolute atomic E-state index is 4.63. The molecule has 1 fully saturated rings. The number of aromatic nitrogens is 2. The predicted molar refractivity (Wildman–Crippen MR) is 70.5 cm³/mol. The van der Waals surface area contributed by atoms with Gasteiger partial charge in [-0.2, -0.15) is 0 Å². The summed E-state index contributed by atoms with van der Waals surface area (Å²) in [6.45, 7) is 6.42. The van der Waals surface area contributed by atoms with Gasteiger partial charge in [0.2, 0.25) is 5.95 Å². The predicted octanol–water partition coefficient (Wildman–Crippen LogP) is 1.40. The Balaban J connectivity index is 2.23. The summed E-state index contributed by atoms with van der Waals surface area (Å²) < 4.78 is 0. The number of rotatable bonds is 4. The fourth-order valence-electron chi connectivity index (χ4n) is 2.19. The summed E-state index contributed by atoms with van der Waals surface area (Å²) in [6, 6.07) is 2.65. The molecule has 1 N–H and O–H groups in total. The van der Waals surface area contributed by atoms with E-state index < -0.39 is 0 Å². The fourth-order valence-corrected chi connectivity index (χ4v) is 2.19. The van der Waals surface area contributed by atoms with E-state index in [0.29, 0.717) is 6.04 Å². The van der Waals surface area contributed by atoms with E-state index in [-0.39, 0.29) is 0 Å². The lowest BCUT2D eigenvalue weighted by Crippen LogP contribution is -2.34. The highest BCUT2D eigenvalue weighted by molar-refractivity contribution is 5.33. The van der Waals surface area contributed by atoms with Gasteiger partial charge >= 0.3 is 0 Å². The van der Waals surface area contributed by atoms with Crippen LogP contribution in [0.5, 0.6) is 0 Å². The van der Waals surface area contributed by atoms with Crippen LogP contribution in [0.3, 0.4) is 0 Å². The van der Waals surface area contributed by atoms with Crippen LogP contribution in [0, 0.1) is 0 Å². The first-order valence-corrected chi connectivity index (χ1v) is 6.55. The van der Waals surface area contributed by atoms with Crippen LogP contribution in [0.1, 0.15) is 31.7 Å². The van der Waals surface area contributed by atoms with E-state index in [0.717, 1.165) is 43.3 Å². The Hall–Kier alpha value is -1.16. The molecule has 2 heterocycles. The summed E-state index contributed by atoms with van der Waals surface area (Å²) in [6.07, 6.45) is 3.12. The van der Waals surface area contributed by atoms with Crippen LogP contribution in [-0.2, 0) is 12.8 Å². The van der Waals surface area contributed by atoms with Crippen molar-refractivity contribution in [1.29, 1.82) is 0 Å². The molecule has 1 aliphatic heterocycles. The summed E-state index contributed by atoms with van der Waals surface area (Å²) in [5, 5.41) is 3.38. The first-order valence-electron chi connectivity index (χ1n) is 6.55. The second-order valence-corrected chi connectivity index (χ2v) is 4.62. The minimum atomic E-state index is 0.534. The fraction of sp³-hybridized carbons (Fsp3) is 0.692. The molecule has 0 amide bonds. The standard InChI is InChI=1S/C13H22N4/c1-4-10-8-11(5-2)16-13(15-10)17(3)12-6-7-14-9-12/h8,12,14H,4-7,9H2,1-3H3. The quantitative estimate of drug-likeness (QED) is 0.855. The Morgan fingerprint density at radius 2 is 1.94 bits per heavy atom. The van der Waals surface area contributed by atoms with Crippen molar-refractivity contribution >= 4 is 5.95 Å². The number of hydrogen-bond acceptors (Lipinski definition) is 4. The van der Waals surface area contributed by atoms with Gasteiger partial charge < -0.3 is 10.2 Å². The average molecular weight is 234 g/mol. The zero-order chi connectivity index (χ0) is 12.3. The molecule has 0 spiro atoms. The van der Waals surface area contributed by atoms with Gasteiger partial charge in [-0.25, -0.2) is 9.97 Å². The molecular weight excluding hydrogens is 212 g/mol. The van der Waals surface area contributed by atoms with Gasteiger partial charge in [0.1, 0.15) is 0 Å². The smallest absolute Gasteiger partial charge is 0.225 e. The Bertz CT molecular complexity index is 349. The molecule has 94 valence electrons. The highest BCUT2D eigenvalue weighted by Gasteiger charge is 2.21. The molecule has 1 saturated heterocycles. The van der Waals surface area contributed by atoms with Crippen molar-refractivity contribution in [3.63, 3.8) is 0 Å². The minimum absolute atomic E-state index is 0.534. The van der Waals surface area contributed by atoms with Gasteiger partial charge in [-0.1, -0.05) is 13.8 Å². The average Bonchev–Trinajstić information content (AvgIpc) is 2.91. The van der Waals surface area contributed by atoms with Gasteiger partial charge in [-0.3, -0.25) is 0 Å². The largest absolute Gasteiger partial charge is 0.340 e. The van der Waals surface area contributed by atoms with E-state index in [1.54, 1.807) is 0 Å². The molecule has 2 rings (SSSR count). The third-order valence-corrected chi connectivity index (χ3v) is 3.44. The second kappa shape index (κ2) is 5.45. The molecule has 0 bridgehead atoms. The number of likely N-dealkylation sites (N-methyl/N-ethyl adjacent to an activating group) is 1. The zero-order valence-electron chi connectivity index (χ0n) is 11.0. The van der Waals surface area contributed by atoms with E-state index in [1.165, 1.54) is 6.42 Å². The topological polar surface area (TPSA) is 41.1 Å². The summed E-state index contributed by atoms with van der Waals surface area (Å²) in [7, 11) is 2.10. The van der Waals surface area contributed by atoms with Crippen LogP contribution in [0.15, 0.2) is 6.07 Å². The van der Waals surface area contributed by atoms with E-state index in [9.17, 15) is 0 Å². The molecule has 1 unspecified atom stereocenters. The maximum atomic E-state index is 4.63. The van der Waals surface area contributed by atoms with Crippen molar-refractivity contribution in [2.45, 2.75) is 39.2 Å². The van der Waals surface area contributed by atoms with Crippen LogP contribution < -0.4 is 10.2 Å². The van der Waals surface area contributed by atoms with E-state index in [2.05, 4.69) is 47.1 Å². The zero-order valence-corrected chi connectivity index (χ0v) is 11.0. The van der Waals surface area contributed by atoms with Crippen LogP contribution in [-0.4, -0.2) is 36.1 Å². The molecule has 4 nitrogen and oxygen atoms in total. The second-order valence-electron chi connectivity index (χ2n) is 4.62. The monoisotopic (exact) mass is 234 g/mol. The van der Waals surface area contributed by atoms with E-state index in [4.69, 9.17) is 0 Å². The lowest BCUT2D eigenvalue weighted by Gasteiger charge is -2.24. The third kappa shape index (κ3) is 2.75. The molecule has 17 heavy (non-hydrogen) atoms. The number of nitrogens with one attached hydrogen (secondary N) is 1. The first kappa shape index (κ1) is 12.3. The van der Waals surface area contributed by atoms with Crippen LogP contribution >= 0.6 is 0 Å². The molecule has 1 atom stereocenters. The highest BCUT2D eigenvalue weighted by Crippen LogP contribution is 2.16. The summed E-state index contributed by atoms with van der Waals surface area (Å²) in [5.74, 6) is 0.884. The van der Waals surface area contributed by atoms with Crippen molar-refractivity contribution in [2.75, 3.05) is 25.0 Å². The summed E-state index contributed by atoms with van der Waals surface area (Å²) in [4.78, 5) is 11.5. The Morgan fingerprint density at radius 1 is 1.29 bits per heavy atom. The SMILES string of the molecule is CCc1cc(CC)nc(N(C)C2CCNC2)n1. The molecule has 0 saturated carbocycles. The summed E-state index contributed by atoms with van der Waals surface area (Å²) in [5.41, 5.74) is 2.29. The van der Waals surface area contributed by atoms with Crippen LogP contribution in [0.25, 0.3) is 0 Å². The Kier molecular flexibility index (Phi) is 3.94. The number of anilines is 1. The van der Waals surface area contributed by atoms with Gasteiger partial charge in [0, 0.05) is 31.0 Å². The molecule has 4 heteroatoms. The van der Waals surface area contributed by atoms with Crippen molar-refractivity contribution in [3.8, 4) is 0 Å². The van der Waals surface area contributed by atoms with Gasteiger partial charge in [-0.05, 0) is 31.9 Å². The normalized spacial score (nSPS) is 19.6. The molecule has 1 aliphatic rings. The van der Waals surface area contributed by atoms with Crippen molar-refractivity contribution in [3.05, 3.63) is 17.5 Å². The Labute approximate surface area is 103 Å². The lowest BCUT2D eigenvalue weighted by molar-refractivity contribution is 0.663. The number of nitrogens with zero attached hydrogens (tertiary/aromatic N) is 3. The molecule has 0 aromatic carbocycles. The van der Waals surface area contributed by atoms with E-state index >= 15 is 0 Å². The molecule has 0 aliphatic carbocycles. The van der Waals surface area contributed by atoms with Crippen molar-refractivity contribution in [1.82, 2.24) is 15.3 Å². The van der Waals surface area contributed by atoms with E-state index in [1.807, 2.05) is 0 Å². The summed E-state index contributed by atoms with van der Waals surface area (Å²) >= 11 is 0. The van der Waals surface area contributed by atoms with Gasteiger partial charge in [0.25, 0.3) is 0 Å². The van der Waals surface area contributed by atoms with Crippen LogP contribution in [0.4, 0.5) is 5.95 Å². The van der Waals surface area contributed by atoms with Crippen molar-refractivity contribution < 1.29 is 0 Å². The lowest BCUT2D eigenvalue weighted by atomic mass is 10.2. The van der Waals surface area contributed by atoms with Crippen LogP contribution in [0.2, 0.25) is 0 Å². The third-order valence-electron chi connectivity index (χ3n) is 3.44. The molecule has 1 aromatic heterocycles. The molecular formula is C13H22N4. The van der Waals surface area contributed by atoms with Gasteiger partial charge in [0.15, 0.2) is 0 Å². The number of hydrogen-bond donors (Lipinski definition) is 1. The van der Waals surface area contributed by atoms with Gasteiger partial charge in [0.05, 0.1) is 0 Å². The Morgan fingerprint density at radius 3 is 2.41 bits per heavy atom.